The maximum Gasteiger partial charge on any atom is 2.00 e. The molecule has 72 heavy (non-hydrogen) atoms. The molecule has 2 N–H and O–H groups in total. The Morgan fingerprint density at radius 1 is 0.500 bits per heavy atom. The van der Waals surface area contributed by atoms with Gasteiger partial charge < -0.3 is 29.4 Å². The van der Waals surface area contributed by atoms with E-state index in [4.69, 9.17) is 29.4 Å². The predicted octanol–water partition coefficient (Wildman–Crippen LogP) is 11.7. The topological polar surface area (TPSA) is 150 Å². The van der Waals surface area contributed by atoms with Crippen LogP contribution in [-0.2, 0) is 41.4 Å². The molecule has 9 aromatic rings. The number of hydrazine groups is 1. The molecule has 1 amide bonds. The molecule has 4 aromatic heterocycles. The van der Waals surface area contributed by atoms with Crippen molar-refractivity contribution in [2.75, 3.05) is 26.4 Å². The molecule has 0 saturated carbocycles. The summed E-state index contributed by atoms with van der Waals surface area (Å²) < 4.78 is 36.7. The molecule has 8 bridgehead atoms. The molecule has 1 radical (unpaired) electrons. The number of nitrogens with one attached hydrogen (secondary N) is 2. The number of carbonyl (C=O) groups excluding carboxylic acids is 1. The number of rotatable bonds is 12. The van der Waals surface area contributed by atoms with Crippen LogP contribution in [0.5, 0.6) is 0 Å². The molecule has 13 heteroatoms. The van der Waals surface area contributed by atoms with Crippen molar-refractivity contribution < 1.29 is 39.8 Å². The largest absolute Gasteiger partial charge is 2.00 e. The van der Waals surface area contributed by atoms with Gasteiger partial charge in [-0.05, 0) is 130 Å². The van der Waals surface area contributed by atoms with Gasteiger partial charge in [0.05, 0.1) is 21.9 Å². The number of aromatic nitrogens is 4. The summed E-state index contributed by atoms with van der Waals surface area (Å²) in [5.41, 5.74) is 14.8. The molecule has 6 heterocycles. The number of nitrogens with zero attached hydrogens (tertiary/aromatic N) is 4. The number of hydrogen-bond donors (Lipinski definition) is 2. The Morgan fingerprint density at radius 2 is 0.875 bits per heavy atom. The van der Waals surface area contributed by atoms with Crippen LogP contribution in [0.3, 0.4) is 0 Å². The molecular weight excluding hydrogens is 968 g/mol. The van der Waals surface area contributed by atoms with E-state index in [2.05, 4.69) is 10.3 Å². The average Bonchev–Trinajstić information content (AvgIpc) is 4.19. The van der Waals surface area contributed by atoms with Gasteiger partial charge in [0.25, 0.3) is 10.0 Å². The molecule has 0 spiro atoms. The SMILES string of the molecule is CCOCC.CCOCC.Cc1ccc(S(=O)(=O)NNC(=O)C2c3[n-]c2c(-c2ccccc2)c2ccc([n-]2)[c+](-c2ccccc2)c2ccc([n-]2)[c+](-c2ccccc2)c2ccc([n-]2)c3-c2ccccc2)cc1.[Cu+2]. The van der Waals surface area contributed by atoms with Gasteiger partial charge in [0.15, 0.2) is 0 Å². The summed E-state index contributed by atoms with van der Waals surface area (Å²) in [6, 6.07) is 57.7. The van der Waals surface area contributed by atoms with Gasteiger partial charge in [-0.1, -0.05) is 101 Å². The van der Waals surface area contributed by atoms with Crippen molar-refractivity contribution in [1.29, 1.82) is 0 Å². The Hall–Kier alpha value is -7.22. The Kier molecular flexibility index (Phi) is 18.1. The second-order valence-electron chi connectivity index (χ2n) is 16.4. The summed E-state index contributed by atoms with van der Waals surface area (Å²) in [5.74, 6) is -1.66. The van der Waals surface area contributed by atoms with Crippen LogP contribution >= 0.6 is 0 Å². The molecule has 369 valence electrons. The Morgan fingerprint density at radius 3 is 1.26 bits per heavy atom. The van der Waals surface area contributed by atoms with Crippen molar-refractivity contribution in [1.82, 2.24) is 30.2 Å². The molecule has 0 aliphatic carbocycles. The number of benzene rings is 5. The number of hydrogen-bond acceptors (Lipinski definition) is 5. The quantitative estimate of drug-likeness (QED) is 0.0692. The monoisotopic (exact) mass is 1020 g/mol. The van der Waals surface area contributed by atoms with E-state index in [-0.39, 0.29) is 22.0 Å². The smallest absolute Gasteiger partial charge is 0.662 e. The van der Waals surface area contributed by atoms with Gasteiger partial charge in [-0.2, -0.15) is 0 Å². The maximum atomic E-state index is 14.8. The zero-order valence-corrected chi connectivity index (χ0v) is 42.5. The summed E-state index contributed by atoms with van der Waals surface area (Å²) in [7, 11) is -4.13. The van der Waals surface area contributed by atoms with Gasteiger partial charge in [-0.25, -0.2) is 8.42 Å². The van der Waals surface area contributed by atoms with E-state index in [1.165, 1.54) is 12.1 Å². The minimum Gasteiger partial charge on any atom is -0.662 e. The minimum atomic E-state index is -4.13. The van der Waals surface area contributed by atoms with Crippen LogP contribution in [0.25, 0.3) is 77.6 Å². The van der Waals surface area contributed by atoms with E-state index in [9.17, 15) is 13.2 Å². The molecule has 0 fully saturated rings. The van der Waals surface area contributed by atoms with Crippen LogP contribution in [0.1, 0.15) is 50.6 Å². The first kappa shape index (κ1) is 52.6. The number of aryl methyl sites for hydroxylation is 1. The number of carbonyl (C=O) groups is 1. The van der Waals surface area contributed by atoms with Gasteiger partial charge in [-0.3, -0.25) is 10.2 Å². The van der Waals surface area contributed by atoms with Gasteiger partial charge in [-0.15, -0.1) is 27.3 Å². The van der Waals surface area contributed by atoms with Crippen LogP contribution in [0.4, 0.5) is 0 Å². The molecule has 5 aromatic carbocycles. The second kappa shape index (κ2) is 24.7. The minimum absolute atomic E-state index is 0. The fourth-order valence-electron chi connectivity index (χ4n) is 8.39. The van der Waals surface area contributed by atoms with Crippen LogP contribution in [0, 0.1) is 6.92 Å². The van der Waals surface area contributed by atoms with Crippen molar-refractivity contribution in [3.8, 4) is 44.5 Å². The first-order chi connectivity index (χ1) is 34.6. The molecule has 2 aliphatic heterocycles. The van der Waals surface area contributed by atoms with E-state index in [0.717, 1.165) is 76.4 Å². The normalized spacial score (nSPS) is 11.5. The fraction of sp³-hybridized carbons (Fsp3) is 0.169. The molecule has 2 aliphatic rings. The maximum absolute atomic E-state index is 14.8. The van der Waals surface area contributed by atoms with Gasteiger partial charge in [0.2, 0.25) is 5.91 Å². The van der Waals surface area contributed by atoms with E-state index in [0.29, 0.717) is 44.6 Å². The molecule has 11 nitrogen and oxygen atoms in total. The number of amides is 1. The zero-order valence-electron chi connectivity index (χ0n) is 40.8. The third-order valence-corrected chi connectivity index (χ3v) is 13.0. The third-order valence-electron chi connectivity index (χ3n) is 11.7. The van der Waals surface area contributed by atoms with Crippen molar-refractivity contribution in [3.63, 3.8) is 0 Å². The summed E-state index contributed by atoms with van der Waals surface area (Å²) >= 11 is 0. The summed E-state index contributed by atoms with van der Waals surface area (Å²) in [6.07, 6.45) is 0. The van der Waals surface area contributed by atoms with Crippen LogP contribution in [-0.4, -0.2) is 40.8 Å². The van der Waals surface area contributed by atoms with Crippen LogP contribution in [0.2, 0.25) is 0 Å². The van der Waals surface area contributed by atoms with Gasteiger partial charge in [0, 0.05) is 74.0 Å². The standard InChI is InChI=1S/C51H36N6O3S.2C4H10O.Cu/c1-32-22-24-37(25-23-32)61(59,60)57-56-51(58)48-49-46(35-18-10-4-11-19-35)42-30-28-40(53-42)44(33-14-6-2-7-15-33)38-26-27-39(52-38)45(34-16-8-3-9-17-34)41-29-31-43(54-41)47(50(48)55-49)36-20-12-5-13-21-36;2*1-3-5-4-2;/h2-31,48,57H,1H3,(H,56,58);2*3-4H2,1-2H3;/q-2;;;+2. The van der Waals surface area contributed by atoms with Crippen molar-refractivity contribution in [3.05, 3.63) is 199 Å². The number of sulfonamides is 1. The van der Waals surface area contributed by atoms with Crippen molar-refractivity contribution in [2.24, 2.45) is 0 Å². The zero-order chi connectivity index (χ0) is 49.7. The first-order valence-electron chi connectivity index (χ1n) is 23.8. The summed E-state index contributed by atoms with van der Waals surface area (Å²) in [4.78, 5) is 38.3. The van der Waals surface area contributed by atoms with E-state index < -0.39 is 21.8 Å². The van der Waals surface area contributed by atoms with Crippen LogP contribution < -0.4 is 30.2 Å². The molecule has 11 rings (SSSR count). The Labute approximate surface area is 432 Å². The molecule has 0 atom stereocenters. The second-order valence-corrected chi connectivity index (χ2v) is 18.1. The molecular formula is C59H56CuN6O5S. The van der Waals surface area contributed by atoms with Crippen molar-refractivity contribution >= 4 is 49.0 Å². The Bertz CT molecular complexity index is 3280. The third kappa shape index (κ3) is 11.9. The Balaban J connectivity index is 0.000000632. The van der Waals surface area contributed by atoms with E-state index in [1.807, 2.05) is 192 Å². The first-order valence-corrected chi connectivity index (χ1v) is 25.3. The van der Waals surface area contributed by atoms with Crippen LogP contribution in [0.15, 0.2) is 187 Å². The average molecular weight is 1020 g/mol. The van der Waals surface area contributed by atoms with Gasteiger partial charge in [0.1, 0.15) is 0 Å². The van der Waals surface area contributed by atoms with E-state index in [1.54, 1.807) is 12.1 Å². The predicted molar refractivity (Wildman–Crippen MR) is 285 cm³/mol. The molecule has 0 saturated heterocycles. The van der Waals surface area contributed by atoms with Gasteiger partial charge >= 0.3 is 17.1 Å². The molecule has 0 unspecified atom stereocenters. The van der Waals surface area contributed by atoms with E-state index >= 15 is 0 Å². The summed E-state index contributed by atoms with van der Waals surface area (Å²) in [6.45, 7) is 13.2. The summed E-state index contributed by atoms with van der Waals surface area (Å²) in [5, 5.41) is 0. The van der Waals surface area contributed by atoms with Crippen molar-refractivity contribution in [2.45, 2.75) is 45.4 Å². The fourth-order valence-corrected chi connectivity index (χ4v) is 9.24. The number of ether oxygens (including phenoxy) is 2.